The monoisotopic (exact) mass is 351 g/mol. The van der Waals surface area contributed by atoms with E-state index >= 15 is 0 Å². The molecule has 2 aromatic rings. The minimum absolute atomic E-state index is 0.0190. The molecule has 1 amide bonds. The van der Waals surface area contributed by atoms with Crippen LogP contribution in [0.3, 0.4) is 0 Å². The smallest absolute Gasteiger partial charge is 0.266 e. The third kappa shape index (κ3) is 3.02. The van der Waals surface area contributed by atoms with Crippen molar-refractivity contribution in [3.8, 4) is 0 Å². The number of nitrogen functional groups attached to an aromatic ring is 1. The molecule has 0 spiro atoms. The zero-order chi connectivity index (χ0) is 16.6. The maximum Gasteiger partial charge on any atom is 0.266 e. The van der Waals surface area contributed by atoms with E-state index in [4.69, 9.17) is 5.73 Å². The number of aromatic nitrogens is 2. The SMILES string of the molecule is CSN1CCCN(C(=O)c2sc3nnc(C)c(C)c3c2N)CC1. The van der Waals surface area contributed by atoms with E-state index < -0.39 is 0 Å². The van der Waals surface area contributed by atoms with Crippen LogP contribution in [0.25, 0.3) is 10.2 Å². The van der Waals surface area contributed by atoms with Crippen molar-refractivity contribution in [1.82, 2.24) is 19.4 Å². The molecular formula is C15H21N5OS2. The van der Waals surface area contributed by atoms with Crippen LogP contribution in [0, 0.1) is 13.8 Å². The number of nitrogens with zero attached hydrogens (tertiary/aromatic N) is 4. The number of rotatable bonds is 2. The van der Waals surface area contributed by atoms with Gasteiger partial charge in [-0.2, -0.15) is 5.10 Å². The third-order valence-electron chi connectivity index (χ3n) is 4.33. The summed E-state index contributed by atoms with van der Waals surface area (Å²) in [6.45, 7) is 7.29. The number of hydrogen-bond donors (Lipinski definition) is 1. The van der Waals surface area contributed by atoms with Crippen molar-refractivity contribution in [3.63, 3.8) is 0 Å². The van der Waals surface area contributed by atoms with E-state index in [1.54, 1.807) is 11.9 Å². The van der Waals surface area contributed by atoms with E-state index in [0.717, 1.165) is 54.1 Å². The average Bonchev–Trinajstić information content (AvgIpc) is 2.74. The second-order valence-corrected chi connectivity index (χ2v) is 7.57. The fraction of sp³-hybridized carbons (Fsp3) is 0.533. The molecule has 2 aromatic heterocycles. The molecule has 124 valence electrons. The molecule has 1 saturated heterocycles. The molecule has 3 heterocycles. The number of aryl methyl sites for hydroxylation is 2. The Bertz CT molecular complexity index is 745. The molecular weight excluding hydrogens is 330 g/mol. The molecule has 0 aliphatic carbocycles. The van der Waals surface area contributed by atoms with Gasteiger partial charge in [0.05, 0.1) is 11.4 Å². The van der Waals surface area contributed by atoms with Crippen LogP contribution in [-0.2, 0) is 0 Å². The Morgan fingerprint density at radius 1 is 1.22 bits per heavy atom. The van der Waals surface area contributed by atoms with E-state index in [2.05, 4.69) is 20.8 Å². The average molecular weight is 352 g/mol. The minimum Gasteiger partial charge on any atom is -0.397 e. The van der Waals surface area contributed by atoms with Gasteiger partial charge in [-0.25, -0.2) is 4.31 Å². The zero-order valence-electron chi connectivity index (χ0n) is 13.6. The first-order valence-corrected chi connectivity index (χ1v) is 9.63. The maximum atomic E-state index is 12.9. The molecule has 0 bridgehead atoms. The summed E-state index contributed by atoms with van der Waals surface area (Å²) in [7, 11) is 0. The largest absolute Gasteiger partial charge is 0.397 e. The highest BCUT2D eigenvalue weighted by atomic mass is 32.2. The van der Waals surface area contributed by atoms with Crippen LogP contribution in [-0.4, -0.2) is 57.7 Å². The number of amides is 1. The van der Waals surface area contributed by atoms with Gasteiger partial charge in [-0.05, 0) is 32.1 Å². The summed E-state index contributed by atoms with van der Waals surface area (Å²) >= 11 is 3.09. The molecule has 0 unspecified atom stereocenters. The fourth-order valence-corrected chi connectivity index (χ4v) is 4.47. The molecule has 8 heteroatoms. The number of anilines is 1. The Morgan fingerprint density at radius 3 is 2.74 bits per heavy atom. The molecule has 0 aromatic carbocycles. The lowest BCUT2D eigenvalue weighted by Crippen LogP contribution is -2.34. The Morgan fingerprint density at radius 2 is 2.00 bits per heavy atom. The highest BCUT2D eigenvalue weighted by Gasteiger charge is 2.25. The molecule has 0 radical (unpaired) electrons. The summed E-state index contributed by atoms with van der Waals surface area (Å²) in [5.74, 6) is 0.0190. The highest BCUT2D eigenvalue weighted by molar-refractivity contribution is 7.96. The molecule has 0 atom stereocenters. The standard InChI is InChI=1S/C15H21N5OS2/c1-9-10(2)17-18-14-11(9)12(16)13(23-14)15(21)19-5-4-6-20(22-3)8-7-19/h4-8,16H2,1-3H3. The first-order chi connectivity index (χ1) is 11.0. The van der Waals surface area contributed by atoms with Gasteiger partial charge in [0, 0.05) is 31.6 Å². The van der Waals surface area contributed by atoms with Crippen LogP contribution in [0.15, 0.2) is 0 Å². The Kier molecular flexibility index (Phi) is 4.74. The summed E-state index contributed by atoms with van der Waals surface area (Å²) in [5, 5.41) is 9.22. The van der Waals surface area contributed by atoms with Gasteiger partial charge in [0.25, 0.3) is 5.91 Å². The number of hydrogen-bond acceptors (Lipinski definition) is 7. The maximum absolute atomic E-state index is 12.9. The Labute approximate surface area is 144 Å². The lowest BCUT2D eigenvalue weighted by molar-refractivity contribution is 0.0770. The predicted molar refractivity (Wildman–Crippen MR) is 96.9 cm³/mol. The lowest BCUT2D eigenvalue weighted by Gasteiger charge is -2.20. The van der Waals surface area contributed by atoms with Crippen LogP contribution in [0.4, 0.5) is 5.69 Å². The first-order valence-electron chi connectivity index (χ1n) is 7.63. The van der Waals surface area contributed by atoms with Crippen LogP contribution in [0.5, 0.6) is 0 Å². The quantitative estimate of drug-likeness (QED) is 0.837. The van der Waals surface area contributed by atoms with Crippen molar-refractivity contribution in [2.75, 3.05) is 38.2 Å². The van der Waals surface area contributed by atoms with E-state index in [-0.39, 0.29) is 5.91 Å². The van der Waals surface area contributed by atoms with Gasteiger partial charge in [0.15, 0.2) is 0 Å². The van der Waals surface area contributed by atoms with Crippen molar-refractivity contribution in [3.05, 3.63) is 16.1 Å². The summed E-state index contributed by atoms with van der Waals surface area (Å²) < 4.78 is 2.29. The van der Waals surface area contributed by atoms with Crippen molar-refractivity contribution >= 4 is 45.1 Å². The van der Waals surface area contributed by atoms with Crippen molar-refractivity contribution in [2.45, 2.75) is 20.3 Å². The van der Waals surface area contributed by atoms with Crippen LogP contribution in [0.2, 0.25) is 0 Å². The number of carbonyl (C=O) groups excluding carboxylic acids is 1. The molecule has 1 aliphatic heterocycles. The van der Waals surface area contributed by atoms with Crippen molar-refractivity contribution in [2.24, 2.45) is 0 Å². The summed E-state index contributed by atoms with van der Waals surface area (Å²) in [6.07, 6.45) is 3.06. The number of nitrogens with two attached hydrogens (primary N) is 1. The molecule has 23 heavy (non-hydrogen) atoms. The van der Waals surface area contributed by atoms with Gasteiger partial charge in [-0.15, -0.1) is 16.4 Å². The highest BCUT2D eigenvalue weighted by Crippen LogP contribution is 2.35. The van der Waals surface area contributed by atoms with Crippen molar-refractivity contribution < 1.29 is 4.79 Å². The molecule has 2 N–H and O–H groups in total. The summed E-state index contributed by atoms with van der Waals surface area (Å²) in [6, 6.07) is 0. The van der Waals surface area contributed by atoms with Crippen molar-refractivity contribution in [1.29, 1.82) is 0 Å². The van der Waals surface area contributed by atoms with Gasteiger partial charge in [-0.3, -0.25) is 4.79 Å². The van der Waals surface area contributed by atoms with E-state index in [1.807, 2.05) is 18.7 Å². The normalized spacial score (nSPS) is 16.7. The van der Waals surface area contributed by atoms with Gasteiger partial charge < -0.3 is 10.6 Å². The molecule has 1 fully saturated rings. The van der Waals surface area contributed by atoms with Gasteiger partial charge in [-0.1, -0.05) is 11.9 Å². The predicted octanol–water partition coefficient (Wildman–Crippen LogP) is 2.32. The molecule has 3 rings (SSSR count). The van der Waals surface area contributed by atoms with Gasteiger partial charge >= 0.3 is 0 Å². The van der Waals surface area contributed by atoms with Gasteiger partial charge in [0.2, 0.25) is 0 Å². The van der Waals surface area contributed by atoms with E-state index in [9.17, 15) is 4.79 Å². The third-order valence-corrected chi connectivity index (χ3v) is 6.29. The Hall–Kier alpha value is -1.38. The molecule has 6 nitrogen and oxygen atoms in total. The first kappa shape index (κ1) is 16.5. The van der Waals surface area contributed by atoms with Crippen LogP contribution < -0.4 is 5.73 Å². The summed E-state index contributed by atoms with van der Waals surface area (Å²) in [5.41, 5.74) is 8.70. The van der Waals surface area contributed by atoms with Crippen LogP contribution in [0.1, 0.15) is 27.3 Å². The van der Waals surface area contributed by atoms with Crippen LogP contribution >= 0.6 is 23.3 Å². The second kappa shape index (κ2) is 6.62. The minimum atomic E-state index is 0.0190. The number of fused-ring (bicyclic) bond motifs is 1. The second-order valence-electron chi connectivity index (χ2n) is 5.69. The zero-order valence-corrected chi connectivity index (χ0v) is 15.3. The number of carbonyl (C=O) groups is 1. The van der Waals surface area contributed by atoms with E-state index in [0.29, 0.717) is 10.6 Å². The fourth-order valence-electron chi connectivity index (χ4n) is 2.82. The van der Waals surface area contributed by atoms with Gasteiger partial charge in [0.1, 0.15) is 9.71 Å². The van der Waals surface area contributed by atoms with E-state index in [1.165, 1.54) is 11.3 Å². The molecule has 0 saturated carbocycles. The number of thiophene rings is 1. The lowest BCUT2D eigenvalue weighted by atomic mass is 10.1. The summed E-state index contributed by atoms with van der Waals surface area (Å²) in [4.78, 5) is 16.2. The molecule has 1 aliphatic rings. The Balaban J connectivity index is 1.92. The topological polar surface area (TPSA) is 75.3 Å².